The Labute approximate surface area is 203 Å². The van der Waals surface area contributed by atoms with Gasteiger partial charge >= 0.3 is 11.9 Å². The first-order chi connectivity index (χ1) is 16.9. The molecule has 1 aliphatic rings. The Kier molecular flexibility index (Phi) is 8.35. The number of ether oxygens (including phenoxy) is 5. The number of nitrogens with zero attached hydrogens (tertiary/aromatic N) is 1. The van der Waals surface area contributed by atoms with Crippen molar-refractivity contribution in [2.24, 2.45) is 5.73 Å². The summed E-state index contributed by atoms with van der Waals surface area (Å²) in [6.07, 6.45) is 0. The molecule has 0 fully saturated rings. The summed E-state index contributed by atoms with van der Waals surface area (Å²) in [5.41, 5.74) is 7.28. The van der Waals surface area contributed by atoms with E-state index in [0.29, 0.717) is 22.6 Å². The lowest BCUT2D eigenvalue weighted by molar-refractivity contribution is -0.139. The van der Waals surface area contributed by atoms with Gasteiger partial charge in [0.1, 0.15) is 42.1 Å². The monoisotopic (exact) mass is 478 g/mol. The molecule has 0 spiro atoms. The van der Waals surface area contributed by atoms with Crippen LogP contribution in [0.3, 0.4) is 0 Å². The van der Waals surface area contributed by atoms with Gasteiger partial charge in [0.15, 0.2) is 0 Å². The second-order valence-electron chi connectivity index (χ2n) is 7.40. The molecular formula is C26H26N2O7. The van der Waals surface area contributed by atoms with Gasteiger partial charge in [-0.1, -0.05) is 18.2 Å². The predicted octanol–water partition coefficient (Wildman–Crippen LogP) is 3.58. The van der Waals surface area contributed by atoms with E-state index < -0.39 is 17.9 Å². The van der Waals surface area contributed by atoms with Crippen molar-refractivity contribution >= 4 is 11.9 Å². The highest BCUT2D eigenvalue weighted by Gasteiger charge is 2.36. The highest BCUT2D eigenvalue weighted by atomic mass is 16.5. The van der Waals surface area contributed by atoms with Gasteiger partial charge in [-0.25, -0.2) is 9.59 Å². The van der Waals surface area contributed by atoms with Crippen molar-refractivity contribution < 1.29 is 33.3 Å². The number of hydrogen-bond acceptors (Lipinski definition) is 9. The normalized spacial score (nSPS) is 15.1. The summed E-state index contributed by atoms with van der Waals surface area (Å²) < 4.78 is 26.8. The lowest BCUT2D eigenvalue weighted by atomic mass is 9.83. The molecule has 2 aromatic carbocycles. The second-order valence-corrected chi connectivity index (χ2v) is 7.40. The Bertz CT molecular complexity index is 1210. The standard InChI is InChI=1S/C26H26N2O7/c1-4-32-26(30)22-16(2)35-24(28)21(15-27)23(22)17-7-5-9-19(13-17)33-11-12-34-20-10-6-8-18(14-20)25(29)31-3/h5-10,13-14,23H,4,11-12,28H2,1-3H3. The van der Waals surface area contributed by atoms with Gasteiger partial charge in [-0.05, 0) is 49.7 Å². The fourth-order valence-corrected chi connectivity index (χ4v) is 3.62. The molecule has 182 valence electrons. The number of allylic oxidation sites excluding steroid dienone is 2. The largest absolute Gasteiger partial charge is 0.490 e. The van der Waals surface area contributed by atoms with E-state index in [0.717, 1.165) is 0 Å². The number of carbonyl (C=O) groups excluding carboxylic acids is 2. The molecule has 9 heteroatoms. The van der Waals surface area contributed by atoms with Gasteiger partial charge in [0.2, 0.25) is 5.88 Å². The van der Waals surface area contributed by atoms with Gasteiger partial charge in [0, 0.05) is 0 Å². The van der Waals surface area contributed by atoms with Gasteiger partial charge in [0.25, 0.3) is 0 Å². The fraction of sp³-hybridized carbons (Fsp3) is 0.269. The summed E-state index contributed by atoms with van der Waals surface area (Å²) in [7, 11) is 1.31. The molecule has 0 radical (unpaired) electrons. The minimum atomic E-state index is -0.756. The molecule has 1 atom stereocenters. The summed E-state index contributed by atoms with van der Waals surface area (Å²) in [5, 5.41) is 9.71. The molecule has 1 heterocycles. The number of rotatable bonds is 9. The van der Waals surface area contributed by atoms with Crippen LogP contribution in [0.25, 0.3) is 0 Å². The Balaban J connectivity index is 1.74. The maximum atomic E-state index is 12.7. The van der Waals surface area contributed by atoms with E-state index in [-0.39, 0.29) is 42.6 Å². The van der Waals surface area contributed by atoms with E-state index in [4.69, 9.17) is 29.4 Å². The van der Waals surface area contributed by atoms with E-state index in [1.165, 1.54) is 7.11 Å². The Hall–Kier alpha value is -4.45. The van der Waals surface area contributed by atoms with E-state index in [9.17, 15) is 14.9 Å². The third-order valence-corrected chi connectivity index (χ3v) is 5.17. The molecule has 0 bridgehead atoms. The average Bonchev–Trinajstić information content (AvgIpc) is 2.86. The number of methoxy groups -OCH3 is 1. The zero-order valence-corrected chi connectivity index (χ0v) is 19.7. The minimum absolute atomic E-state index is 0.0584. The molecular weight excluding hydrogens is 452 g/mol. The first-order valence-corrected chi connectivity index (χ1v) is 10.9. The van der Waals surface area contributed by atoms with Crippen molar-refractivity contribution in [1.29, 1.82) is 5.26 Å². The van der Waals surface area contributed by atoms with E-state index >= 15 is 0 Å². The van der Waals surface area contributed by atoms with Crippen LogP contribution in [0.5, 0.6) is 11.5 Å². The number of hydrogen-bond donors (Lipinski definition) is 1. The van der Waals surface area contributed by atoms with E-state index in [2.05, 4.69) is 6.07 Å². The molecule has 1 unspecified atom stereocenters. The molecule has 9 nitrogen and oxygen atoms in total. The van der Waals surface area contributed by atoms with Gasteiger partial charge in [-0.15, -0.1) is 0 Å². The van der Waals surface area contributed by atoms with Crippen LogP contribution < -0.4 is 15.2 Å². The van der Waals surface area contributed by atoms with Gasteiger partial charge in [-0.3, -0.25) is 0 Å². The molecule has 0 amide bonds. The summed E-state index contributed by atoms with van der Waals surface area (Å²) in [6.45, 7) is 3.91. The third-order valence-electron chi connectivity index (χ3n) is 5.17. The fourth-order valence-electron chi connectivity index (χ4n) is 3.62. The summed E-state index contributed by atoms with van der Waals surface area (Å²) in [5.74, 6) is -0.549. The number of benzene rings is 2. The van der Waals surface area contributed by atoms with Crippen LogP contribution >= 0.6 is 0 Å². The molecule has 0 aliphatic carbocycles. The van der Waals surface area contributed by atoms with Crippen molar-refractivity contribution in [1.82, 2.24) is 0 Å². The van der Waals surface area contributed by atoms with Crippen LogP contribution in [0, 0.1) is 11.3 Å². The maximum Gasteiger partial charge on any atom is 0.338 e. The van der Waals surface area contributed by atoms with Crippen LogP contribution in [-0.2, 0) is 19.0 Å². The van der Waals surface area contributed by atoms with Crippen molar-refractivity contribution in [3.8, 4) is 17.6 Å². The third kappa shape index (κ3) is 5.92. The smallest absolute Gasteiger partial charge is 0.338 e. The molecule has 0 saturated carbocycles. The van der Waals surface area contributed by atoms with Crippen molar-refractivity contribution in [3.05, 3.63) is 82.4 Å². The Morgan fingerprint density at radius 2 is 1.71 bits per heavy atom. The van der Waals surface area contributed by atoms with Gasteiger partial charge in [-0.2, -0.15) is 5.26 Å². The van der Waals surface area contributed by atoms with Crippen LogP contribution in [0.2, 0.25) is 0 Å². The lowest BCUT2D eigenvalue weighted by Gasteiger charge is -2.27. The molecule has 2 aromatic rings. The van der Waals surface area contributed by atoms with E-state index in [1.54, 1.807) is 62.4 Å². The summed E-state index contributed by atoms with van der Waals surface area (Å²) in [4.78, 5) is 24.3. The Morgan fingerprint density at radius 1 is 1.06 bits per heavy atom. The average molecular weight is 479 g/mol. The SMILES string of the molecule is CCOC(=O)C1=C(C)OC(N)=C(C#N)C1c1cccc(OCCOc2cccc(C(=O)OC)c2)c1. The molecule has 0 aromatic heterocycles. The molecule has 3 rings (SSSR count). The number of nitrogens with two attached hydrogens (primary N) is 1. The van der Waals surface area contributed by atoms with Crippen LogP contribution in [0.1, 0.15) is 35.7 Å². The lowest BCUT2D eigenvalue weighted by Crippen LogP contribution is -2.25. The maximum absolute atomic E-state index is 12.7. The zero-order chi connectivity index (χ0) is 25.4. The quantitative estimate of drug-likeness (QED) is 0.424. The van der Waals surface area contributed by atoms with Crippen molar-refractivity contribution in [2.45, 2.75) is 19.8 Å². The Morgan fingerprint density at radius 3 is 2.34 bits per heavy atom. The first kappa shape index (κ1) is 25.2. The van der Waals surface area contributed by atoms with Crippen LogP contribution in [0.15, 0.2) is 71.3 Å². The van der Waals surface area contributed by atoms with Crippen LogP contribution in [-0.4, -0.2) is 38.9 Å². The second kappa shape index (κ2) is 11.6. The number of carbonyl (C=O) groups is 2. The molecule has 2 N–H and O–H groups in total. The highest BCUT2D eigenvalue weighted by molar-refractivity contribution is 5.92. The minimum Gasteiger partial charge on any atom is -0.490 e. The molecule has 1 aliphatic heterocycles. The first-order valence-electron chi connectivity index (χ1n) is 10.9. The predicted molar refractivity (Wildman–Crippen MR) is 125 cm³/mol. The van der Waals surface area contributed by atoms with Gasteiger partial charge < -0.3 is 29.4 Å². The van der Waals surface area contributed by atoms with Gasteiger partial charge in [0.05, 0.1) is 30.8 Å². The van der Waals surface area contributed by atoms with Crippen molar-refractivity contribution in [2.75, 3.05) is 26.9 Å². The van der Waals surface area contributed by atoms with Crippen LogP contribution in [0.4, 0.5) is 0 Å². The zero-order valence-electron chi connectivity index (χ0n) is 19.7. The number of nitriles is 1. The molecule has 0 saturated heterocycles. The number of esters is 2. The highest BCUT2D eigenvalue weighted by Crippen LogP contribution is 2.40. The molecule has 35 heavy (non-hydrogen) atoms. The summed E-state index contributed by atoms with van der Waals surface area (Å²) >= 11 is 0. The summed E-state index contributed by atoms with van der Waals surface area (Å²) in [6, 6.07) is 15.7. The van der Waals surface area contributed by atoms with Crippen molar-refractivity contribution in [3.63, 3.8) is 0 Å². The topological polar surface area (TPSA) is 130 Å². The van der Waals surface area contributed by atoms with E-state index in [1.807, 2.05) is 0 Å².